The summed E-state index contributed by atoms with van der Waals surface area (Å²) in [5.74, 6) is 0.133. The summed E-state index contributed by atoms with van der Waals surface area (Å²) in [7, 11) is 0. The van der Waals surface area contributed by atoms with Crippen molar-refractivity contribution in [3.8, 4) is 5.75 Å². The SMILES string of the molecule is CC(C)c1cc(OC(F)F)cc(C(C)C)c1NC(N)=O.Cc1cc(SN)sc1C(C)(C)O. The molecule has 1 heterocycles. The molecule has 1 aromatic carbocycles. The first kappa shape index (κ1) is 28.2. The number of carbonyl (C=O) groups excluding carboxylic acids is 1. The van der Waals surface area contributed by atoms with Crippen LogP contribution in [0.1, 0.15) is 74.9 Å². The largest absolute Gasteiger partial charge is 0.435 e. The summed E-state index contributed by atoms with van der Waals surface area (Å²) in [5.41, 5.74) is 7.54. The van der Waals surface area contributed by atoms with Crippen LogP contribution in [0.5, 0.6) is 5.75 Å². The van der Waals surface area contributed by atoms with E-state index in [1.807, 2.05) is 40.7 Å². The van der Waals surface area contributed by atoms with Gasteiger partial charge in [0.2, 0.25) is 0 Å². The molecule has 0 fully saturated rings. The van der Waals surface area contributed by atoms with Gasteiger partial charge in [0.15, 0.2) is 0 Å². The second-order valence-corrected chi connectivity index (χ2v) is 10.4. The Morgan fingerprint density at radius 1 is 1.16 bits per heavy atom. The predicted octanol–water partition coefficient (Wildman–Crippen LogP) is 6.28. The van der Waals surface area contributed by atoms with Gasteiger partial charge in [-0.25, -0.2) is 4.79 Å². The molecule has 180 valence electrons. The van der Waals surface area contributed by atoms with E-state index in [9.17, 15) is 18.7 Å². The average molecular weight is 490 g/mol. The molecule has 2 amide bonds. The molecule has 0 saturated heterocycles. The molecule has 6 nitrogen and oxygen atoms in total. The van der Waals surface area contributed by atoms with E-state index in [-0.39, 0.29) is 17.6 Å². The van der Waals surface area contributed by atoms with Gasteiger partial charge >= 0.3 is 12.6 Å². The number of amides is 2. The fourth-order valence-corrected chi connectivity index (χ4v) is 4.72. The number of carbonyl (C=O) groups is 1. The Bertz CT molecular complexity index is 881. The molecule has 6 N–H and O–H groups in total. The van der Waals surface area contributed by atoms with Gasteiger partial charge in [-0.1, -0.05) is 27.7 Å². The third-order valence-corrected chi connectivity index (χ3v) is 6.69. The second-order valence-electron chi connectivity index (χ2n) is 8.41. The molecule has 0 atom stereocenters. The molecule has 0 unspecified atom stereocenters. The summed E-state index contributed by atoms with van der Waals surface area (Å²) in [6.45, 7) is 10.3. The molecular formula is C22H33F2N3O3S2. The lowest BCUT2D eigenvalue weighted by Crippen LogP contribution is -2.22. The highest BCUT2D eigenvalue weighted by Gasteiger charge is 2.21. The number of ether oxygens (including phenoxy) is 1. The van der Waals surface area contributed by atoms with Crippen LogP contribution in [-0.4, -0.2) is 17.7 Å². The Hall–Kier alpha value is -1.88. The fourth-order valence-electron chi connectivity index (χ4n) is 3.13. The van der Waals surface area contributed by atoms with E-state index in [1.54, 1.807) is 25.2 Å². The summed E-state index contributed by atoms with van der Waals surface area (Å²) in [6, 6.07) is 4.33. The van der Waals surface area contributed by atoms with Crippen molar-refractivity contribution in [2.24, 2.45) is 10.9 Å². The third kappa shape index (κ3) is 8.23. The van der Waals surface area contributed by atoms with Crippen LogP contribution < -0.4 is 20.9 Å². The zero-order valence-corrected chi connectivity index (χ0v) is 21.1. The first-order chi connectivity index (χ1) is 14.7. The van der Waals surface area contributed by atoms with E-state index < -0.39 is 18.2 Å². The number of primary amides is 1. The van der Waals surface area contributed by atoms with Crippen molar-refractivity contribution < 1.29 is 23.4 Å². The molecule has 0 radical (unpaired) electrons. The van der Waals surface area contributed by atoms with Crippen molar-refractivity contribution in [3.05, 3.63) is 39.8 Å². The summed E-state index contributed by atoms with van der Waals surface area (Å²) < 4.78 is 30.3. The lowest BCUT2D eigenvalue weighted by Gasteiger charge is -2.21. The molecule has 1 aromatic heterocycles. The van der Waals surface area contributed by atoms with Crippen LogP contribution in [0.2, 0.25) is 0 Å². The van der Waals surface area contributed by atoms with Crippen molar-refractivity contribution in [1.82, 2.24) is 0 Å². The Kier molecular flexibility index (Phi) is 10.4. The summed E-state index contributed by atoms with van der Waals surface area (Å²) in [6.07, 6.45) is 0. The number of rotatable bonds is 7. The van der Waals surface area contributed by atoms with Gasteiger partial charge in [-0.15, -0.1) is 11.3 Å². The lowest BCUT2D eigenvalue weighted by molar-refractivity contribution is -0.0499. The molecular weight excluding hydrogens is 456 g/mol. The number of aryl methyl sites for hydroxylation is 1. The smallest absolute Gasteiger partial charge is 0.387 e. The average Bonchev–Trinajstić information content (AvgIpc) is 3.03. The number of alkyl halides is 2. The Balaban J connectivity index is 0.000000363. The maximum Gasteiger partial charge on any atom is 0.387 e. The minimum Gasteiger partial charge on any atom is -0.435 e. The molecule has 2 aromatic rings. The number of anilines is 1. The zero-order valence-electron chi connectivity index (χ0n) is 19.5. The van der Waals surface area contributed by atoms with Gasteiger partial charge in [0.25, 0.3) is 0 Å². The van der Waals surface area contributed by atoms with Crippen molar-refractivity contribution in [2.75, 3.05) is 5.32 Å². The Morgan fingerprint density at radius 2 is 1.66 bits per heavy atom. The molecule has 10 heteroatoms. The number of aliphatic hydroxyl groups is 1. The second kappa shape index (κ2) is 11.8. The van der Waals surface area contributed by atoms with E-state index in [0.717, 1.165) is 14.6 Å². The molecule has 2 rings (SSSR count). The van der Waals surface area contributed by atoms with Gasteiger partial charge in [-0.3, -0.25) is 5.14 Å². The van der Waals surface area contributed by atoms with Crippen molar-refractivity contribution in [2.45, 2.75) is 76.7 Å². The molecule has 0 aliphatic heterocycles. The van der Waals surface area contributed by atoms with Crippen LogP contribution in [-0.2, 0) is 5.60 Å². The molecule has 0 bridgehead atoms. The third-order valence-electron chi connectivity index (χ3n) is 4.46. The highest BCUT2D eigenvalue weighted by molar-refractivity contribution is 7.99. The van der Waals surface area contributed by atoms with Crippen LogP contribution in [0.4, 0.5) is 19.3 Å². The van der Waals surface area contributed by atoms with Crippen molar-refractivity contribution >= 4 is 35.0 Å². The maximum atomic E-state index is 12.4. The molecule has 32 heavy (non-hydrogen) atoms. The number of benzene rings is 1. The quantitative estimate of drug-likeness (QED) is 0.342. The Labute approximate surface area is 196 Å². The molecule has 0 aliphatic rings. The van der Waals surface area contributed by atoms with Crippen LogP contribution in [0, 0.1) is 6.92 Å². The number of hydrogen-bond donors (Lipinski definition) is 4. The topological polar surface area (TPSA) is 111 Å². The molecule has 0 saturated carbocycles. The maximum absolute atomic E-state index is 12.4. The van der Waals surface area contributed by atoms with Gasteiger partial charge in [0.1, 0.15) is 5.75 Å². The standard InChI is InChI=1S/C14H20F2N2O2.C8H13NOS2/c1-7(2)10-5-9(20-13(15)16)6-11(8(3)4)12(10)18-14(17)19;1-5-4-6(12-9)11-7(5)8(2,3)10/h5-8,13H,1-4H3,(H3,17,18,19);4,10H,9H2,1-3H3. The minimum absolute atomic E-state index is 0.0237. The highest BCUT2D eigenvalue weighted by Crippen LogP contribution is 2.37. The number of thiophene rings is 1. The summed E-state index contributed by atoms with van der Waals surface area (Å²) in [5, 5.41) is 17.7. The van der Waals surface area contributed by atoms with Gasteiger partial charge in [-0.05, 0) is 79.4 Å². The normalized spacial score (nSPS) is 11.6. The number of nitrogens with one attached hydrogen (secondary N) is 1. The van der Waals surface area contributed by atoms with Gasteiger partial charge in [-0.2, -0.15) is 8.78 Å². The number of nitrogens with two attached hydrogens (primary N) is 2. The van der Waals surface area contributed by atoms with Crippen LogP contribution in [0.3, 0.4) is 0 Å². The molecule has 0 aliphatic carbocycles. The first-order valence-electron chi connectivity index (χ1n) is 10.1. The number of urea groups is 1. The molecule has 0 spiro atoms. The van der Waals surface area contributed by atoms with Gasteiger partial charge in [0.05, 0.1) is 9.81 Å². The Morgan fingerprint density at radius 3 is 1.94 bits per heavy atom. The van der Waals surface area contributed by atoms with E-state index in [1.165, 1.54) is 24.1 Å². The summed E-state index contributed by atoms with van der Waals surface area (Å²) in [4.78, 5) is 12.1. The van der Waals surface area contributed by atoms with E-state index in [4.69, 9.17) is 10.9 Å². The van der Waals surface area contributed by atoms with Crippen molar-refractivity contribution in [1.29, 1.82) is 0 Å². The monoisotopic (exact) mass is 489 g/mol. The van der Waals surface area contributed by atoms with E-state index in [2.05, 4.69) is 10.1 Å². The van der Waals surface area contributed by atoms with Gasteiger partial charge < -0.3 is 20.9 Å². The van der Waals surface area contributed by atoms with E-state index >= 15 is 0 Å². The van der Waals surface area contributed by atoms with E-state index in [0.29, 0.717) is 16.8 Å². The number of hydrogen-bond acceptors (Lipinski definition) is 6. The van der Waals surface area contributed by atoms with Crippen LogP contribution in [0.25, 0.3) is 0 Å². The zero-order chi connectivity index (χ0) is 24.8. The summed E-state index contributed by atoms with van der Waals surface area (Å²) >= 11 is 2.78. The van der Waals surface area contributed by atoms with Crippen molar-refractivity contribution in [3.63, 3.8) is 0 Å². The highest BCUT2D eigenvalue weighted by atomic mass is 32.2. The minimum atomic E-state index is -2.88. The fraction of sp³-hybridized carbons (Fsp3) is 0.500. The lowest BCUT2D eigenvalue weighted by atomic mass is 9.92. The van der Waals surface area contributed by atoms with Crippen LogP contribution in [0.15, 0.2) is 22.4 Å². The first-order valence-corrected chi connectivity index (χ1v) is 11.8. The van der Waals surface area contributed by atoms with Gasteiger partial charge in [0, 0.05) is 10.6 Å². The predicted molar refractivity (Wildman–Crippen MR) is 129 cm³/mol. The van der Waals surface area contributed by atoms with Crippen LogP contribution >= 0.6 is 23.3 Å². The number of halogens is 2.